The molecule has 2 aliphatic heterocycles. The summed E-state index contributed by atoms with van der Waals surface area (Å²) < 4.78 is 0. The molecule has 5 nitrogen and oxygen atoms in total. The summed E-state index contributed by atoms with van der Waals surface area (Å²) in [4.78, 5) is 33.6. The molecule has 0 radical (unpaired) electrons. The minimum absolute atomic E-state index is 0.0126. The Balaban J connectivity index is 1.38. The minimum Gasteiger partial charge on any atom is -0.391 e. The molecule has 6 unspecified atom stereocenters. The molecule has 2 aliphatic carbocycles. The summed E-state index contributed by atoms with van der Waals surface area (Å²) in [5, 5.41) is 4.97. The Hall–Kier alpha value is -2.66. The van der Waals surface area contributed by atoms with Crippen molar-refractivity contribution in [2.75, 3.05) is 4.90 Å². The van der Waals surface area contributed by atoms with Crippen LogP contribution in [-0.4, -0.2) is 23.6 Å². The van der Waals surface area contributed by atoms with Gasteiger partial charge in [-0.1, -0.05) is 53.2 Å². The number of imide groups is 1. The quantitative estimate of drug-likeness (QED) is 0.735. The first-order chi connectivity index (χ1) is 13.7. The second-order valence-electron chi connectivity index (χ2n) is 8.01. The SMILES string of the molecule is O=C1C2C3CC(C4C(c5ccccc5Cl)=NOC34)C2C(=O)N1c1ccccc1. The molecule has 4 aliphatic rings. The molecule has 0 spiro atoms. The largest absolute Gasteiger partial charge is 0.391 e. The van der Waals surface area contributed by atoms with E-state index in [0.29, 0.717) is 10.7 Å². The van der Waals surface area contributed by atoms with Gasteiger partial charge in [-0.2, -0.15) is 0 Å². The molecule has 2 amide bonds. The third-order valence-electron chi connectivity index (χ3n) is 6.85. The smallest absolute Gasteiger partial charge is 0.238 e. The molecule has 6 atom stereocenters. The zero-order valence-corrected chi connectivity index (χ0v) is 15.6. The summed E-state index contributed by atoms with van der Waals surface area (Å²) in [7, 11) is 0. The van der Waals surface area contributed by atoms with E-state index in [9.17, 15) is 9.59 Å². The molecule has 28 heavy (non-hydrogen) atoms. The zero-order valence-electron chi connectivity index (χ0n) is 14.9. The van der Waals surface area contributed by atoms with Crippen LogP contribution in [-0.2, 0) is 14.4 Å². The van der Waals surface area contributed by atoms with E-state index in [0.717, 1.165) is 17.7 Å². The standard InChI is InChI=1S/C22H17ClN2O3/c23-15-9-5-4-8-12(15)19-18-13-10-14(20(18)28-24-19)17-16(13)21(26)25(22(17)27)11-6-2-1-3-7-11/h1-9,13-14,16-18,20H,10H2. The molecule has 1 saturated heterocycles. The summed E-state index contributed by atoms with van der Waals surface area (Å²) in [5.41, 5.74) is 2.33. The third kappa shape index (κ3) is 1.95. The Morgan fingerprint density at radius 1 is 0.893 bits per heavy atom. The van der Waals surface area contributed by atoms with Crippen molar-refractivity contribution < 1.29 is 14.4 Å². The van der Waals surface area contributed by atoms with Crippen molar-refractivity contribution in [2.24, 2.45) is 34.7 Å². The molecule has 140 valence electrons. The number of carbonyl (C=O) groups excluding carboxylic acids is 2. The van der Waals surface area contributed by atoms with Crippen molar-refractivity contribution >= 4 is 34.8 Å². The molecule has 2 heterocycles. The van der Waals surface area contributed by atoms with Gasteiger partial charge in [0.05, 0.1) is 23.2 Å². The number of hydrogen-bond donors (Lipinski definition) is 0. The van der Waals surface area contributed by atoms with E-state index in [1.54, 1.807) is 0 Å². The molecular weight excluding hydrogens is 376 g/mol. The first kappa shape index (κ1) is 16.3. The second-order valence-corrected chi connectivity index (χ2v) is 8.42. The summed E-state index contributed by atoms with van der Waals surface area (Å²) in [5.74, 6) is -0.692. The highest BCUT2D eigenvalue weighted by Crippen LogP contribution is 2.62. The predicted molar refractivity (Wildman–Crippen MR) is 104 cm³/mol. The normalized spacial score (nSPS) is 35.0. The average molecular weight is 393 g/mol. The van der Waals surface area contributed by atoms with Crippen LogP contribution >= 0.6 is 11.6 Å². The van der Waals surface area contributed by atoms with Gasteiger partial charge >= 0.3 is 0 Å². The van der Waals surface area contributed by atoms with Crippen LogP contribution in [0.1, 0.15) is 12.0 Å². The molecule has 6 rings (SSSR count). The van der Waals surface area contributed by atoms with Crippen LogP contribution in [0.25, 0.3) is 0 Å². The number of oxime groups is 1. The predicted octanol–water partition coefficient (Wildman–Crippen LogP) is 3.51. The molecule has 2 aromatic carbocycles. The van der Waals surface area contributed by atoms with Crippen molar-refractivity contribution in [3.63, 3.8) is 0 Å². The van der Waals surface area contributed by atoms with Crippen LogP contribution in [0.3, 0.4) is 0 Å². The van der Waals surface area contributed by atoms with E-state index in [2.05, 4.69) is 5.16 Å². The number of rotatable bonds is 2. The number of para-hydroxylation sites is 1. The summed E-state index contributed by atoms with van der Waals surface area (Å²) in [6.45, 7) is 0. The molecule has 0 N–H and O–H groups in total. The lowest BCUT2D eigenvalue weighted by Gasteiger charge is -2.30. The average Bonchev–Trinajstić information content (AvgIpc) is 3.43. The molecular formula is C22H17ClN2O3. The van der Waals surface area contributed by atoms with E-state index in [4.69, 9.17) is 16.4 Å². The number of anilines is 1. The first-order valence-electron chi connectivity index (χ1n) is 9.58. The van der Waals surface area contributed by atoms with Gasteiger partial charge in [-0.15, -0.1) is 0 Å². The molecule has 3 fully saturated rings. The van der Waals surface area contributed by atoms with E-state index in [1.807, 2.05) is 54.6 Å². The van der Waals surface area contributed by atoms with Crippen LogP contribution in [0, 0.1) is 29.6 Å². The number of halogens is 1. The maximum absolute atomic E-state index is 13.3. The number of amides is 2. The van der Waals surface area contributed by atoms with E-state index in [1.165, 1.54) is 4.90 Å². The van der Waals surface area contributed by atoms with Gasteiger partial charge in [0.25, 0.3) is 0 Å². The molecule has 2 aromatic rings. The lowest BCUT2D eigenvalue weighted by molar-refractivity contribution is -0.125. The van der Waals surface area contributed by atoms with Crippen molar-refractivity contribution in [2.45, 2.75) is 12.5 Å². The van der Waals surface area contributed by atoms with Gasteiger partial charge < -0.3 is 4.84 Å². The van der Waals surface area contributed by atoms with Gasteiger partial charge in [-0.3, -0.25) is 14.5 Å². The Morgan fingerprint density at radius 2 is 1.57 bits per heavy atom. The molecule has 0 aromatic heterocycles. The summed E-state index contributed by atoms with van der Waals surface area (Å²) in [6.07, 6.45) is 0.679. The van der Waals surface area contributed by atoms with Gasteiger partial charge in [0.2, 0.25) is 11.8 Å². The van der Waals surface area contributed by atoms with Crippen LogP contribution in [0.2, 0.25) is 5.02 Å². The van der Waals surface area contributed by atoms with E-state index >= 15 is 0 Å². The van der Waals surface area contributed by atoms with Gasteiger partial charge in [-0.25, -0.2) is 0 Å². The first-order valence-corrected chi connectivity index (χ1v) is 9.96. The van der Waals surface area contributed by atoms with Gasteiger partial charge in [0.1, 0.15) is 6.10 Å². The fraction of sp³-hybridized carbons (Fsp3) is 0.318. The third-order valence-corrected chi connectivity index (χ3v) is 7.18. The minimum atomic E-state index is -0.306. The maximum Gasteiger partial charge on any atom is 0.238 e. The van der Waals surface area contributed by atoms with Crippen molar-refractivity contribution in [1.82, 2.24) is 0 Å². The van der Waals surface area contributed by atoms with Gasteiger partial charge in [0.15, 0.2) is 0 Å². The Kier molecular flexibility index (Phi) is 3.30. The van der Waals surface area contributed by atoms with Crippen LogP contribution in [0.5, 0.6) is 0 Å². The summed E-state index contributed by atoms with van der Waals surface area (Å²) >= 11 is 6.40. The molecule has 6 heteroatoms. The highest BCUT2D eigenvalue weighted by molar-refractivity contribution is 6.34. The molecule has 2 bridgehead atoms. The maximum atomic E-state index is 13.3. The lowest BCUT2D eigenvalue weighted by atomic mass is 9.71. The Bertz CT molecular complexity index is 1040. The number of nitrogens with zero attached hydrogens (tertiary/aromatic N) is 2. The summed E-state index contributed by atoms with van der Waals surface area (Å²) in [6, 6.07) is 16.8. The molecule has 2 saturated carbocycles. The van der Waals surface area contributed by atoms with Crippen LogP contribution < -0.4 is 4.90 Å². The highest BCUT2D eigenvalue weighted by Gasteiger charge is 2.70. The van der Waals surface area contributed by atoms with Gasteiger partial charge in [-0.05, 0) is 30.5 Å². The number of carbonyl (C=O) groups is 2. The highest BCUT2D eigenvalue weighted by atomic mass is 35.5. The lowest BCUT2D eigenvalue weighted by Crippen LogP contribution is -2.41. The van der Waals surface area contributed by atoms with E-state index in [-0.39, 0.29) is 47.5 Å². The van der Waals surface area contributed by atoms with Crippen molar-refractivity contribution in [1.29, 1.82) is 0 Å². The van der Waals surface area contributed by atoms with Crippen molar-refractivity contribution in [3.05, 3.63) is 65.2 Å². The Morgan fingerprint density at radius 3 is 2.32 bits per heavy atom. The topological polar surface area (TPSA) is 59.0 Å². The fourth-order valence-corrected chi connectivity index (χ4v) is 6.08. The van der Waals surface area contributed by atoms with Crippen LogP contribution in [0.15, 0.2) is 59.8 Å². The van der Waals surface area contributed by atoms with Gasteiger partial charge in [0, 0.05) is 22.4 Å². The van der Waals surface area contributed by atoms with E-state index < -0.39 is 0 Å². The second kappa shape index (κ2) is 5.67. The zero-order chi connectivity index (χ0) is 19.0. The Labute approximate surface area is 166 Å². The fourth-order valence-electron chi connectivity index (χ4n) is 5.85. The number of fused-ring (bicyclic) bond motifs is 8. The monoisotopic (exact) mass is 392 g/mol. The number of hydrogen-bond acceptors (Lipinski definition) is 4. The van der Waals surface area contributed by atoms with Crippen LogP contribution in [0.4, 0.5) is 5.69 Å². The van der Waals surface area contributed by atoms with Crippen molar-refractivity contribution in [3.8, 4) is 0 Å². The number of benzene rings is 2.